The molecular weight excluding hydrogens is 193 g/mol. The van der Waals surface area contributed by atoms with Crippen molar-refractivity contribution in [2.24, 2.45) is 0 Å². The molecule has 0 aliphatic rings. The lowest BCUT2D eigenvalue weighted by atomic mass is 10.3. The molecule has 0 atom stereocenters. The van der Waals surface area contributed by atoms with E-state index in [4.69, 9.17) is 4.74 Å². The fourth-order valence-corrected chi connectivity index (χ4v) is 1.30. The Morgan fingerprint density at radius 3 is 2.40 bits per heavy atom. The standard InChI is InChI=1S/C12H18FNO/c1-14(2)9-3-4-10-15-12-7-5-11(13)6-8-12/h5-8H,3-4,9-10H2,1-2H3/p+1. The maximum Gasteiger partial charge on any atom is 0.123 e. The normalized spacial score (nSPS) is 10.7. The SMILES string of the molecule is C[NH+](C)CCCCOc1ccc(F)cc1. The molecule has 3 heteroatoms. The van der Waals surface area contributed by atoms with Crippen LogP contribution in [0.15, 0.2) is 24.3 Å². The van der Waals surface area contributed by atoms with Crippen molar-refractivity contribution in [2.45, 2.75) is 12.8 Å². The number of nitrogens with one attached hydrogen (secondary N) is 1. The van der Waals surface area contributed by atoms with Crippen LogP contribution in [-0.4, -0.2) is 27.2 Å². The van der Waals surface area contributed by atoms with Crippen LogP contribution in [0.3, 0.4) is 0 Å². The summed E-state index contributed by atoms with van der Waals surface area (Å²) in [5, 5.41) is 0. The molecule has 0 saturated carbocycles. The van der Waals surface area contributed by atoms with Crippen molar-refractivity contribution >= 4 is 0 Å². The Morgan fingerprint density at radius 1 is 1.13 bits per heavy atom. The molecule has 0 saturated heterocycles. The summed E-state index contributed by atoms with van der Waals surface area (Å²) in [6.07, 6.45) is 2.20. The van der Waals surface area contributed by atoms with Crippen LogP contribution in [-0.2, 0) is 0 Å². The molecule has 15 heavy (non-hydrogen) atoms. The first-order valence-electron chi connectivity index (χ1n) is 5.36. The van der Waals surface area contributed by atoms with Gasteiger partial charge in [-0.3, -0.25) is 0 Å². The second-order valence-electron chi connectivity index (χ2n) is 3.97. The van der Waals surface area contributed by atoms with Gasteiger partial charge in [0.2, 0.25) is 0 Å². The third kappa shape index (κ3) is 5.37. The molecular formula is C12H19FNO+. The lowest BCUT2D eigenvalue weighted by molar-refractivity contribution is -0.858. The van der Waals surface area contributed by atoms with Gasteiger partial charge >= 0.3 is 0 Å². The van der Waals surface area contributed by atoms with Crippen LogP contribution in [0.5, 0.6) is 5.75 Å². The third-order valence-electron chi connectivity index (χ3n) is 2.15. The van der Waals surface area contributed by atoms with E-state index in [0.717, 1.165) is 25.1 Å². The van der Waals surface area contributed by atoms with E-state index in [2.05, 4.69) is 14.1 Å². The highest BCUT2D eigenvalue weighted by molar-refractivity contribution is 5.21. The third-order valence-corrected chi connectivity index (χ3v) is 2.15. The fraction of sp³-hybridized carbons (Fsp3) is 0.500. The van der Waals surface area contributed by atoms with E-state index in [1.165, 1.54) is 17.0 Å². The maximum atomic E-state index is 12.6. The largest absolute Gasteiger partial charge is 0.494 e. The Balaban J connectivity index is 2.12. The number of ether oxygens (including phenoxy) is 1. The molecule has 0 aliphatic heterocycles. The topological polar surface area (TPSA) is 13.7 Å². The Bertz CT molecular complexity index is 271. The van der Waals surface area contributed by atoms with E-state index in [0.29, 0.717) is 6.61 Å². The summed E-state index contributed by atoms with van der Waals surface area (Å²) in [6.45, 7) is 1.87. The summed E-state index contributed by atoms with van der Waals surface area (Å²) in [6, 6.07) is 6.15. The minimum absolute atomic E-state index is 0.224. The van der Waals surface area contributed by atoms with Crippen molar-refractivity contribution in [1.82, 2.24) is 0 Å². The number of unbranched alkanes of at least 4 members (excludes halogenated alkanes) is 1. The molecule has 0 aromatic heterocycles. The monoisotopic (exact) mass is 212 g/mol. The number of benzene rings is 1. The van der Waals surface area contributed by atoms with E-state index >= 15 is 0 Å². The molecule has 1 N–H and O–H groups in total. The van der Waals surface area contributed by atoms with Gasteiger partial charge in [0.05, 0.1) is 27.2 Å². The second kappa shape index (κ2) is 6.40. The van der Waals surface area contributed by atoms with Crippen LogP contribution >= 0.6 is 0 Å². The zero-order valence-electron chi connectivity index (χ0n) is 9.42. The Labute approximate surface area is 90.7 Å². The summed E-state index contributed by atoms with van der Waals surface area (Å²) in [5.74, 6) is 0.521. The first-order valence-corrected chi connectivity index (χ1v) is 5.36. The number of halogens is 1. The van der Waals surface area contributed by atoms with E-state index in [1.54, 1.807) is 12.1 Å². The van der Waals surface area contributed by atoms with E-state index in [-0.39, 0.29) is 5.82 Å². The van der Waals surface area contributed by atoms with Crippen molar-refractivity contribution in [3.05, 3.63) is 30.1 Å². The summed E-state index contributed by atoms with van der Waals surface area (Å²) in [7, 11) is 4.28. The van der Waals surface area contributed by atoms with E-state index in [1.807, 2.05) is 0 Å². The number of hydrogen-bond donors (Lipinski definition) is 1. The summed E-state index contributed by atoms with van der Waals surface area (Å²) in [5.41, 5.74) is 0. The summed E-state index contributed by atoms with van der Waals surface area (Å²) < 4.78 is 18.0. The van der Waals surface area contributed by atoms with Gasteiger partial charge in [0.25, 0.3) is 0 Å². The van der Waals surface area contributed by atoms with E-state index < -0.39 is 0 Å². The highest BCUT2D eigenvalue weighted by Gasteiger charge is 1.96. The molecule has 2 nitrogen and oxygen atoms in total. The van der Waals surface area contributed by atoms with Gasteiger partial charge in [-0.1, -0.05) is 0 Å². The molecule has 0 spiro atoms. The lowest BCUT2D eigenvalue weighted by Gasteiger charge is -2.08. The summed E-state index contributed by atoms with van der Waals surface area (Å²) in [4.78, 5) is 1.46. The molecule has 1 aromatic rings. The van der Waals surface area contributed by atoms with Crippen LogP contribution < -0.4 is 9.64 Å². The van der Waals surface area contributed by atoms with Crippen molar-refractivity contribution in [1.29, 1.82) is 0 Å². The molecule has 0 radical (unpaired) electrons. The molecule has 0 aliphatic carbocycles. The molecule has 84 valence electrons. The van der Waals surface area contributed by atoms with Gasteiger partial charge in [-0.05, 0) is 37.1 Å². The Morgan fingerprint density at radius 2 is 1.80 bits per heavy atom. The van der Waals surface area contributed by atoms with Gasteiger partial charge in [-0.25, -0.2) is 4.39 Å². The Hall–Kier alpha value is -1.09. The van der Waals surface area contributed by atoms with Crippen LogP contribution in [0.4, 0.5) is 4.39 Å². The first kappa shape index (κ1) is 12.0. The minimum atomic E-state index is -0.224. The first-order chi connectivity index (χ1) is 7.18. The van der Waals surface area contributed by atoms with Gasteiger partial charge in [0, 0.05) is 0 Å². The smallest absolute Gasteiger partial charge is 0.123 e. The summed E-state index contributed by atoms with van der Waals surface area (Å²) >= 11 is 0. The van der Waals surface area contributed by atoms with Crippen molar-refractivity contribution in [3.8, 4) is 5.75 Å². The average molecular weight is 212 g/mol. The van der Waals surface area contributed by atoms with Gasteiger partial charge in [0.15, 0.2) is 0 Å². The maximum absolute atomic E-state index is 12.6. The van der Waals surface area contributed by atoms with Crippen molar-refractivity contribution in [3.63, 3.8) is 0 Å². The number of quaternary nitrogens is 1. The fourth-order valence-electron chi connectivity index (χ4n) is 1.30. The molecule has 0 fully saturated rings. The Kier molecular flexibility index (Phi) is 5.12. The molecule has 0 unspecified atom stereocenters. The molecule has 1 aromatic carbocycles. The second-order valence-corrected chi connectivity index (χ2v) is 3.97. The van der Waals surface area contributed by atoms with Gasteiger partial charge in [-0.15, -0.1) is 0 Å². The number of hydrogen-bond acceptors (Lipinski definition) is 1. The van der Waals surface area contributed by atoms with Crippen molar-refractivity contribution < 1.29 is 14.0 Å². The molecule has 0 amide bonds. The highest BCUT2D eigenvalue weighted by atomic mass is 19.1. The molecule has 0 heterocycles. The van der Waals surface area contributed by atoms with Crippen molar-refractivity contribution in [2.75, 3.05) is 27.2 Å². The van der Waals surface area contributed by atoms with E-state index in [9.17, 15) is 4.39 Å². The predicted octanol–water partition coefficient (Wildman–Crippen LogP) is 1.13. The van der Waals surface area contributed by atoms with Gasteiger partial charge in [-0.2, -0.15) is 0 Å². The highest BCUT2D eigenvalue weighted by Crippen LogP contribution is 2.11. The van der Waals surface area contributed by atoms with Crippen LogP contribution in [0.2, 0.25) is 0 Å². The average Bonchev–Trinajstić information content (AvgIpc) is 2.20. The minimum Gasteiger partial charge on any atom is -0.494 e. The number of rotatable bonds is 6. The lowest BCUT2D eigenvalue weighted by Crippen LogP contribution is -3.05. The molecule has 1 rings (SSSR count). The zero-order valence-corrected chi connectivity index (χ0v) is 9.42. The quantitative estimate of drug-likeness (QED) is 0.698. The molecule has 0 bridgehead atoms. The van der Waals surface area contributed by atoms with Gasteiger partial charge in [0.1, 0.15) is 11.6 Å². The van der Waals surface area contributed by atoms with Crippen LogP contribution in [0.25, 0.3) is 0 Å². The predicted molar refractivity (Wildman–Crippen MR) is 58.8 cm³/mol. The zero-order chi connectivity index (χ0) is 11.1. The van der Waals surface area contributed by atoms with Crippen LogP contribution in [0.1, 0.15) is 12.8 Å². The van der Waals surface area contributed by atoms with Gasteiger partial charge < -0.3 is 9.64 Å². The van der Waals surface area contributed by atoms with Crippen LogP contribution in [0, 0.1) is 5.82 Å².